The molecule has 0 aliphatic rings. The predicted molar refractivity (Wildman–Crippen MR) is 164 cm³/mol. The molecule has 0 radical (unpaired) electrons. The summed E-state index contributed by atoms with van der Waals surface area (Å²) in [5.41, 5.74) is 0.797. The largest absolute Gasteiger partial charge is 0.443 e. The number of hydrogen-bond acceptors (Lipinski definition) is 11. The number of aromatic nitrogens is 5. The molecular formula is C30H31N7O6S. The number of carbonyl (C=O) groups excluding carboxylic acids is 3. The lowest BCUT2D eigenvalue weighted by Gasteiger charge is -2.25. The maximum Gasteiger partial charge on any atom is 0.435 e. The van der Waals surface area contributed by atoms with Crippen LogP contribution in [0.25, 0.3) is 21.5 Å². The van der Waals surface area contributed by atoms with E-state index in [1.807, 2.05) is 6.07 Å². The zero-order chi connectivity index (χ0) is 31.8. The van der Waals surface area contributed by atoms with Crippen molar-refractivity contribution in [2.45, 2.75) is 59.7 Å². The summed E-state index contributed by atoms with van der Waals surface area (Å²) in [6, 6.07) is 13.6. The van der Waals surface area contributed by atoms with Crippen LogP contribution in [-0.4, -0.2) is 54.4 Å². The van der Waals surface area contributed by atoms with E-state index in [-0.39, 0.29) is 10.8 Å². The molecule has 13 nitrogen and oxygen atoms in total. The summed E-state index contributed by atoms with van der Waals surface area (Å²) in [5, 5.41) is 20.7. The van der Waals surface area contributed by atoms with Crippen LogP contribution in [0.4, 0.5) is 26.1 Å². The van der Waals surface area contributed by atoms with Gasteiger partial charge in [0.05, 0.1) is 17.4 Å². The van der Waals surface area contributed by atoms with E-state index in [2.05, 4.69) is 25.8 Å². The van der Waals surface area contributed by atoms with Crippen molar-refractivity contribution in [1.29, 1.82) is 0 Å². The van der Waals surface area contributed by atoms with E-state index in [9.17, 15) is 14.4 Å². The molecule has 14 heteroatoms. The van der Waals surface area contributed by atoms with Crippen LogP contribution in [0.2, 0.25) is 0 Å². The highest BCUT2D eigenvalue weighted by atomic mass is 32.1. The molecule has 5 rings (SSSR count). The van der Waals surface area contributed by atoms with Gasteiger partial charge >= 0.3 is 12.2 Å². The Morgan fingerprint density at radius 1 is 0.955 bits per heavy atom. The predicted octanol–water partition coefficient (Wildman–Crippen LogP) is 6.96. The van der Waals surface area contributed by atoms with Gasteiger partial charge in [-0.05, 0) is 78.8 Å². The number of benzene rings is 2. The van der Waals surface area contributed by atoms with E-state index in [1.54, 1.807) is 90.9 Å². The number of fused-ring (bicyclic) bond motifs is 1. The molecular weight excluding hydrogens is 586 g/mol. The Morgan fingerprint density at radius 2 is 1.70 bits per heavy atom. The molecule has 5 aromatic rings. The van der Waals surface area contributed by atoms with Crippen LogP contribution < -0.4 is 10.2 Å². The van der Waals surface area contributed by atoms with Crippen molar-refractivity contribution in [3.63, 3.8) is 0 Å². The highest BCUT2D eigenvalue weighted by Crippen LogP contribution is 2.36. The van der Waals surface area contributed by atoms with Crippen molar-refractivity contribution in [3.05, 3.63) is 66.2 Å². The molecule has 0 bridgehead atoms. The van der Waals surface area contributed by atoms with Gasteiger partial charge in [-0.25, -0.2) is 14.5 Å². The van der Waals surface area contributed by atoms with Crippen LogP contribution in [0.1, 0.15) is 57.8 Å². The van der Waals surface area contributed by atoms with Gasteiger partial charge in [-0.2, -0.15) is 9.78 Å². The first kappa shape index (κ1) is 30.4. The fraction of sp³-hybridized carbons (Fsp3) is 0.300. The normalized spacial score (nSPS) is 11.8. The number of ether oxygens (including phenoxy) is 2. The van der Waals surface area contributed by atoms with Crippen molar-refractivity contribution < 1.29 is 28.4 Å². The Labute approximate surface area is 256 Å². The smallest absolute Gasteiger partial charge is 0.435 e. The highest BCUT2D eigenvalue weighted by Gasteiger charge is 2.29. The van der Waals surface area contributed by atoms with Gasteiger partial charge in [0.1, 0.15) is 22.0 Å². The van der Waals surface area contributed by atoms with E-state index < -0.39 is 29.3 Å². The van der Waals surface area contributed by atoms with Crippen LogP contribution in [-0.2, 0) is 9.47 Å². The molecule has 0 saturated heterocycles. The Kier molecular flexibility index (Phi) is 7.95. The van der Waals surface area contributed by atoms with Crippen molar-refractivity contribution >= 4 is 56.8 Å². The minimum absolute atomic E-state index is 0.160. The van der Waals surface area contributed by atoms with Gasteiger partial charge in [0.25, 0.3) is 5.91 Å². The maximum absolute atomic E-state index is 13.5. The van der Waals surface area contributed by atoms with Crippen LogP contribution in [0, 0.1) is 6.92 Å². The fourth-order valence-electron chi connectivity index (χ4n) is 4.03. The Hall–Kier alpha value is -5.11. The number of carbonyl (C=O) groups is 3. The molecule has 44 heavy (non-hydrogen) atoms. The third kappa shape index (κ3) is 6.92. The second-order valence-electron chi connectivity index (χ2n) is 11.8. The lowest BCUT2D eigenvalue weighted by molar-refractivity contribution is 0.0521. The molecule has 2 amide bonds. The first-order chi connectivity index (χ1) is 20.7. The van der Waals surface area contributed by atoms with E-state index in [0.29, 0.717) is 38.6 Å². The van der Waals surface area contributed by atoms with Crippen molar-refractivity contribution in [2.75, 3.05) is 10.2 Å². The maximum atomic E-state index is 13.5. The molecule has 0 spiro atoms. The second kappa shape index (κ2) is 11.5. The first-order valence-corrected chi connectivity index (χ1v) is 14.4. The second-order valence-corrected chi connectivity index (χ2v) is 12.8. The van der Waals surface area contributed by atoms with Gasteiger partial charge in [0.2, 0.25) is 5.13 Å². The average molecular weight is 618 g/mol. The van der Waals surface area contributed by atoms with Crippen LogP contribution in [0.5, 0.6) is 0 Å². The summed E-state index contributed by atoms with van der Waals surface area (Å²) in [6.07, 6.45) is 0.234. The molecule has 0 aliphatic heterocycles. The topological polar surface area (TPSA) is 155 Å². The quantitative estimate of drug-likeness (QED) is 0.219. The third-order valence-electron chi connectivity index (χ3n) is 5.79. The van der Waals surface area contributed by atoms with Gasteiger partial charge in [-0.15, -0.1) is 10.2 Å². The van der Waals surface area contributed by atoms with Gasteiger partial charge < -0.3 is 19.3 Å². The van der Waals surface area contributed by atoms with E-state index in [0.717, 1.165) is 11.3 Å². The van der Waals surface area contributed by atoms with Gasteiger partial charge in [0, 0.05) is 22.7 Å². The Bertz CT molecular complexity index is 1860. The number of aryl methyl sites for hydroxylation is 1. The molecule has 0 unspecified atom stereocenters. The molecule has 3 aromatic heterocycles. The number of nitrogens with one attached hydrogen (secondary N) is 1. The van der Waals surface area contributed by atoms with Crippen LogP contribution >= 0.6 is 11.3 Å². The number of rotatable bonds is 5. The van der Waals surface area contributed by atoms with Crippen LogP contribution in [0.3, 0.4) is 0 Å². The summed E-state index contributed by atoms with van der Waals surface area (Å²) in [6.45, 7) is 12.3. The fourth-order valence-corrected chi connectivity index (χ4v) is 4.88. The minimum Gasteiger partial charge on any atom is -0.443 e. The molecule has 2 aromatic carbocycles. The van der Waals surface area contributed by atoms with Crippen LogP contribution in [0.15, 0.2) is 59.3 Å². The lowest BCUT2D eigenvalue weighted by Crippen LogP contribution is -2.33. The summed E-state index contributed by atoms with van der Waals surface area (Å²) in [7, 11) is 0. The lowest BCUT2D eigenvalue weighted by atomic mass is 10.2. The molecule has 0 saturated carbocycles. The number of anilines is 3. The number of hydrogen-bond donors (Lipinski definition) is 1. The van der Waals surface area contributed by atoms with Crippen molar-refractivity contribution in [1.82, 2.24) is 25.1 Å². The highest BCUT2D eigenvalue weighted by molar-refractivity contribution is 7.18. The average Bonchev–Trinajstić information content (AvgIpc) is 3.67. The summed E-state index contributed by atoms with van der Waals surface area (Å²) in [5.74, 6) is 0.106. The molecule has 1 N–H and O–H groups in total. The van der Waals surface area contributed by atoms with E-state index >= 15 is 0 Å². The molecule has 228 valence electrons. The SMILES string of the molecule is Cc1cc(C(=O)Nc2cccc(-c3nnc(N(C(=O)OC(C)(C)C)c4ccc5c(cnn5C(=O)OC(C)(C)C)c4)s3)c2)no1. The summed E-state index contributed by atoms with van der Waals surface area (Å²) >= 11 is 1.16. The van der Waals surface area contributed by atoms with E-state index in [1.165, 1.54) is 15.8 Å². The Morgan fingerprint density at radius 3 is 2.39 bits per heavy atom. The minimum atomic E-state index is -0.788. The zero-order valence-corrected chi connectivity index (χ0v) is 26.1. The van der Waals surface area contributed by atoms with Crippen molar-refractivity contribution in [3.8, 4) is 10.6 Å². The zero-order valence-electron chi connectivity index (χ0n) is 25.2. The number of amides is 2. The van der Waals surface area contributed by atoms with Gasteiger partial charge in [0.15, 0.2) is 5.69 Å². The summed E-state index contributed by atoms with van der Waals surface area (Å²) in [4.78, 5) is 40.1. The van der Waals surface area contributed by atoms with E-state index in [4.69, 9.17) is 14.0 Å². The first-order valence-electron chi connectivity index (χ1n) is 13.6. The standard InChI is InChI=1S/C30H31N7O6S/c1-17-13-22(35-43-17)24(38)32-20-10-8-9-18(14-20)25-33-34-26(44-25)36(27(39)41-29(2,3)4)21-11-12-23-19(15-21)16-31-37(23)28(40)42-30(5,6)7/h8-16H,1-7H3,(H,32,38). The number of nitrogens with zero attached hydrogens (tertiary/aromatic N) is 6. The third-order valence-corrected chi connectivity index (χ3v) is 6.74. The summed E-state index contributed by atoms with van der Waals surface area (Å²) < 4.78 is 17.3. The molecule has 0 fully saturated rings. The molecule has 3 heterocycles. The molecule has 0 aliphatic carbocycles. The van der Waals surface area contributed by atoms with Gasteiger partial charge in [-0.3, -0.25) is 4.79 Å². The van der Waals surface area contributed by atoms with Crippen molar-refractivity contribution in [2.24, 2.45) is 0 Å². The Balaban J connectivity index is 1.46. The monoisotopic (exact) mass is 617 g/mol. The van der Waals surface area contributed by atoms with Gasteiger partial charge in [-0.1, -0.05) is 28.6 Å². The molecule has 0 atom stereocenters.